The third kappa shape index (κ3) is 5.63. The number of benzene rings is 2. The third-order valence-corrected chi connectivity index (χ3v) is 5.91. The van der Waals surface area contributed by atoms with Gasteiger partial charge in [-0.25, -0.2) is 4.39 Å². The Morgan fingerprint density at radius 2 is 1.76 bits per heavy atom. The predicted octanol–water partition coefficient (Wildman–Crippen LogP) is 3.24. The molecule has 11 heteroatoms. The molecule has 3 aliphatic carbocycles. The summed E-state index contributed by atoms with van der Waals surface area (Å²) in [5, 5.41) is 16.2. The van der Waals surface area contributed by atoms with Gasteiger partial charge < -0.3 is 24.6 Å². The Labute approximate surface area is 192 Å². The first-order valence-electron chi connectivity index (χ1n) is 10.2. The Hall–Kier alpha value is -2.69. The first-order valence-corrected chi connectivity index (χ1v) is 10.6. The summed E-state index contributed by atoms with van der Waals surface area (Å²) in [6, 6.07) is 9.70. The molecule has 7 nitrogen and oxygen atoms in total. The Kier molecular flexibility index (Phi) is 6.60. The van der Waals surface area contributed by atoms with E-state index in [1.165, 1.54) is 30.3 Å². The number of hydrogen-bond acceptors (Lipinski definition) is 6. The van der Waals surface area contributed by atoms with E-state index in [2.05, 4.69) is 15.4 Å². The van der Waals surface area contributed by atoms with Crippen LogP contribution in [0.25, 0.3) is 0 Å². The fourth-order valence-electron chi connectivity index (χ4n) is 4.43. The van der Waals surface area contributed by atoms with Gasteiger partial charge in [0.25, 0.3) is 5.91 Å². The lowest BCUT2D eigenvalue weighted by Gasteiger charge is -2.71. The van der Waals surface area contributed by atoms with E-state index in [1.807, 2.05) is 0 Å². The van der Waals surface area contributed by atoms with Crippen LogP contribution >= 0.6 is 11.6 Å². The van der Waals surface area contributed by atoms with Gasteiger partial charge in [0.15, 0.2) is 6.61 Å². The molecule has 1 atom stereocenters. The minimum absolute atomic E-state index is 0.0275. The number of alkyl halides is 2. The fraction of sp³-hybridized carbons (Fsp3) is 0.409. The summed E-state index contributed by atoms with van der Waals surface area (Å²) in [5.74, 6) is -0.493. The Balaban J connectivity index is 1.16. The van der Waals surface area contributed by atoms with Gasteiger partial charge in [-0.2, -0.15) is 8.78 Å². The van der Waals surface area contributed by atoms with Crippen molar-refractivity contribution in [2.75, 3.05) is 13.2 Å². The largest absolute Gasteiger partial charge is 0.489 e. The zero-order valence-electron chi connectivity index (χ0n) is 17.3. The smallest absolute Gasteiger partial charge is 0.387 e. The molecule has 0 spiro atoms. The second-order valence-electron chi connectivity index (χ2n) is 8.33. The van der Waals surface area contributed by atoms with Crippen LogP contribution in [0.1, 0.15) is 19.3 Å². The van der Waals surface area contributed by atoms with Crippen molar-refractivity contribution < 1.29 is 37.3 Å². The van der Waals surface area contributed by atoms with Gasteiger partial charge in [-0.3, -0.25) is 10.1 Å². The van der Waals surface area contributed by atoms with E-state index in [1.54, 1.807) is 6.07 Å². The number of halogens is 4. The zero-order valence-corrected chi connectivity index (χ0v) is 18.1. The number of hydrogen-bond donors (Lipinski definition) is 3. The number of ether oxygens (including phenoxy) is 3. The highest BCUT2D eigenvalue weighted by Gasteiger charge is 2.68. The Bertz CT molecular complexity index is 1010. The molecule has 33 heavy (non-hydrogen) atoms. The lowest BCUT2D eigenvalue weighted by atomic mass is 9.44. The van der Waals surface area contributed by atoms with Gasteiger partial charge in [0, 0.05) is 23.2 Å². The van der Waals surface area contributed by atoms with Crippen LogP contribution in [0.15, 0.2) is 42.5 Å². The molecule has 0 saturated heterocycles. The van der Waals surface area contributed by atoms with Crippen molar-refractivity contribution in [2.24, 2.45) is 0 Å². The summed E-state index contributed by atoms with van der Waals surface area (Å²) in [5.41, 5.74) is -0.642. The summed E-state index contributed by atoms with van der Waals surface area (Å²) in [6.45, 7) is -3.28. The highest BCUT2D eigenvalue weighted by molar-refractivity contribution is 6.30. The van der Waals surface area contributed by atoms with Gasteiger partial charge in [-0.15, -0.1) is 0 Å². The molecule has 0 heterocycles. The van der Waals surface area contributed by atoms with Crippen molar-refractivity contribution in [3.63, 3.8) is 0 Å². The number of carbonyl (C=O) groups excluding carboxylic acids is 1. The first kappa shape index (κ1) is 23.5. The molecule has 0 radical (unpaired) electrons. The van der Waals surface area contributed by atoms with Gasteiger partial charge in [0.05, 0.1) is 5.02 Å². The topological polar surface area (TPSA) is 89.1 Å². The fourth-order valence-corrected chi connectivity index (χ4v) is 4.55. The van der Waals surface area contributed by atoms with Gasteiger partial charge in [0.2, 0.25) is 0 Å². The second-order valence-corrected chi connectivity index (χ2v) is 8.74. The first-order chi connectivity index (χ1) is 15.7. The molecule has 3 aliphatic rings. The normalized spacial score (nSPS) is 23.8. The van der Waals surface area contributed by atoms with Crippen LogP contribution < -0.4 is 24.8 Å². The summed E-state index contributed by atoms with van der Waals surface area (Å²) in [4.78, 5) is 12.2. The number of aliphatic hydroxyl groups excluding tert-OH is 1. The molecule has 2 aromatic rings. The molecule has 3 fully saturated rings. The lowest BCUT2D eigenvalue weighted by molar-refractivity contribution is -0.152. The summed E-state index contributed by atoms with van der Waals surface area (Å²) < 4.78 is 53.1. The minimum Gasteiger partial charge on any atom is -0.489 e. The van der Waals surface area contributed by atoms with Crippen molar-refractivity contribution in [2.45, 2.75) is 43.2 Å². The molecule has 1 unspecified atom stereocenters. The van der Waals surface area contributed by atoms with Crippen molar-refractivity contribution in [3.8, 4) is 17.2 Å². The van der Waals surface area contributed by atoms with Gasteiger partial charge in [-0.05, 0) is 43.5 Å². The number of rotatable bonds is 11. The van der Waals surface area contributed by atoms with E-state index in [0.717, 1.165) is 6.07 Å². The Morgan fingerprint density at radius 1 is 1.06 bits per heavy atom. The van der Waals surface area contributed by atoms with Crippen LogP contribution in [0.2, 0.25) is 5.02 Å². The lowest BCUT2D eigenvalue weighted by Crippen LogP contribution is -2.84. The van der Waals surface area contributed by atoms with Crippen LogP contribution in [0.4, 0.5) is 13.2 Å². The van der Waals surface area contributed by atoms with Crippen molar-refractivity contribution in [1.82, 2.24) is 10.6 Å². The molecule has 1 amide bonds. The quantitative estimate of drug-likeness (QED) is 0.423. The van der Waals surface area contributed by atoms with Crippen LogP contribution in [-0.4, -0.2) is 48.1 Å². The summed E-state index contributed by atoms with van der Waals surface area (Å²) in [7, 11) is 0. The summed E-state index contributed by atoms with van der Waals surface area (Å²) >= 11 is 5.61. The number of aliphatic hydroxyl groups is 1. The highest BCUT2D eigenvalue weighted by Crippen LogP contribution is 2.60. The molecule has 2 bridgehead atoms. The van der Waals surface area contributed by atoms with E-state index in [0.29, 0.717) is 19.3 Å². The van der Waals surface area contributed by atoms with Crippen LogP contribution in [0.5, 0.6) is 17.2 Å². The van der Waals surface area contributed by atoms with Crippen LogP contribution in [0, 0.1) is 5.82 Å². The van der Waals surface area contributed by atoms with Crippen LogP contribution in [-0.2, 0) is 4.79 Å². The SMILES string of the molecule is O=C(COc1ccc(Cl)c(F)c1)NC12CC(NC(O)COc3cccc(OC(F)F)c3)(C1)C2. The molecule has 178 valence electrons. The molecule has 3 N–H and O–H groups in total. The van der Waals surface area contributed by atoms with Crippen LogP contribution in [0.3, 0.4) is 0 Å². The standard InChI is InChI=1S/C22H22ClF3N2O5/c23-16-5-4-14(7-17(16)24)32-9-19(30)28-22-10-21(11-22,12-22)27-18(29)8-31-13-2-1-3-15(6-13)33-20(25)26/h1-7,18,20,27,29H,8-12H2,(H,28,30). The average Bonchev–Trinajstić information content (AvgIpc) is 2.70. The zero-order chi connectivity index (χ0) is 23.6. The number of nitrogens with one attached hydrogen (secondary N) is 2. The van der Waals surface area contributed by atoms with E-state index in [9.17, 15) is 23.1 Å². The van der Waals surface area contributed by atoms with Crippen molar-refractivity contribution in [1.29, 1.82) is 0 Å². The minimum atomic E-state index is -2.93. The average molecular weight is 487 g/mol. The van der Waals surface area contributed by atoms with Crippen molar-refractivity contribution in [3.05, 3.63) is 53.3 Å². The third-order valence-electron chi connectivity index (χ3n) is 5.61. The highest BCUT2D eigenvalue weighted by atomic mass is 35.5. The van der Waals surface area contributed by atoms with Gasteiger partial charge >= 0.3 is 6.61 Å². The molecular weight excluding hydrogens is 465 g/mol. The van der Waals surface area contributed by atoms with E-state index in [-0.39, 0.29) is 52.5 Å². The Morgan fingerprint density at radius 3 is 2.45 bits per heavy atom. The van der Waals surface area contributed by atoms with Gasteiger partial charge in [0.1, 0.15) is 35.9 Å². The second kappa shape index (κ2) is 9.28. The monoisotopic (exact) mass is 486 g/mol. The predicted molar refractivity (Wildman–Crippen MR) is 112 cm³/mol. The maximum absolute atomic E-state index is 13.4. The number of carbonyl (C=O) groups is 1. The number of amides is 1. The maximum atomic E-state index is 13.4. The molecule has 5 rings (SSSR count). The van der Waals surface area contributed by atoms with Crippen molar-refractivity contribution >= 4 is 17.5 Å². The molecular formula is C22H22ClF3N2O5. The summed E-state index contributed by atoms with van der Waals surface area (Å²) in [6.07, 6.45) is 0.921. The molecule has 3 saturated carbocycles. The van der Waals surface area contributed by atoms with E-state index in [4.69, 9.17) is 21.1 Å². The molecule has 0 aliphatic heterocycles. The van der Waals surface area contributed by atoms with E-state index >= 15 is 0 Å². The molecule has 0 aromatic heterocycles. The van der Waals surface area contributed by atoms with E-state index < -0.39 is 18.7 Å². The maximum Gasteiger partial charge on any atom is 0.387 e. The molecule has 2 aromatic carbocycles. The van der Waals surface area contributed by atoms with Gasteiger partial charge in [-0.1, -0.05) is 17.7 Å².